The largest absolute Gasteiger partial charge is 0.312 e. The number of likely N-dealkylation sites (tertiary alicyclic amines) is 1. The molecule has 2 heterocycles. The van der Waals surface area contributed by atoms with Crippen LogP contribution in [0.3, 0.4) is 0 Å². The first-order chi connectivity index (χ1) is 15.3. The van der Waals surface area contributed by atoms with Crippen LogP contribution in [0.1, 0.15) is 44.2 Å². The van der Waals surface area contributed by atoms with Gasteiger partial charge >= 0.3 is 5.91 Å². The summed E-state index contributed by atoms with van der Waals surface area (Å²) in [5.74, 6) is -0.216. The van der Waals surface area contributed by atoms with E-state index in [2.05, 4.69) is 19.4 Å². The van der Waals surface area contributed by atoms with Crippen LogP contribution < -0.4 is 10.4 Å². The van der Waals surface area contributed by atoms with Gasteiger partial charge in [0.25, 0.3) is 0 Å². The minimum atomic E-state index is -0.177. The number of rotatable bonds is 5. The van der Waals surface area contributed by atoms with Crippen LogP contribution in [-0.4, -0.2) is 36.3 Å². The Morgan fingerprint density at radius 3 is 2.34 bits per heavy atom. The fourth-order valence-corrected chi connectivity index (χ4v) is 5.35. The van der Waals surface area contributed by atoms with Gasteiger partial charge in [-0.05, 0) is 61.6 Å². The predicted molar refractivity (Wildman–Crippen MR) is 132 cm³/mol. The van der Waals surface area contributed by atoms with Gasteiger partial charge in [-0.1, -0.05) is 53.9 Å². The van der Waals surface area contributed by atoms with Crippen molar-refractivity contribution in [2.75, 3.05) is 25.1 Å². The maximum absolute atomic E-state index is 13.5. The average Bonchev–Trinajstić information content (AvgIpc) is 3.14. The molecule has 1 fully saturated rings. The van der Waals surface area contributed by atoms with Crippen LogP contribution in [0.25, 0.3) is 0 Å². The summed E-state index contributed by atoms with van der Waals surface area (Å²) in [4.78, 5) is 13.5. The van der Waals surface area contributed by atoms with Crippen molar-refractivity contribution in [2.45, 2.75) is 38.6 Å². The average molecular weight is 495 g/mol. The Morgan fingerprint density at radius 2 is 1.72 bits per heavy atom. The number of hydrazone groups is 1. The van der Waals surface area contributed by atoms with Crippen molar-refractivity contribution in [1.29, 1.82) is 0 Å². The van der Waals surface area contributed by atoms with Gasteiger partial charge in [0.1, 0.15) is 18.8 Å². The van der Waals surface area contributed by atoms with E-state index in [4.69, 9.17) is 39.9 Å². The van der Waals surface area contributed by atoms with Gasteiger partial charge in [-0.2, -0.15) is 10.5 Å². The molecule has 8 heteroatoms. The summed E-state index contributed by atoms with van der Waals surface area (Å²) in [6.07, 6.45) is 4.19. The first-order valence-corrected chi connectivity index (χ1v) is 12.2. The molecular weight excluding hydrogens is 467 g/mol. The Hall–Kier alpha value is -1.79. The molecule has 2 aliphatic rings. The van der Waals surface area contributed by atoms with E-state index in [1.54, 1.807) is 12.1 Å². The van der Waals surface area contributed by atoms with Gasteiger partial charge in [-0.25, -0.2) is 4.59 Å². The molecule has 2 aromatic rings. The molecule has 0 aliphatic carbocycles. The predicted octanol–water partition coefficient (Wildman–Crippen LogP) is 6.25. The van der Waals surface area contributed by atoms with Crippen LogP contribution in [0.15, 0.2) is 47.6 Å². The topological polar surface area (TPSA) is 44.7 Å². The zero-order valence-electron chi connectivity index (χ0n) is 18.3. The van der Waals surface area contributed by atoms with E-state index >= 15 is 0 Å². The lowest BCUT2D eigenvalue weighted by Gasteiger charge is -2.36. The molecule has 0 spiro atoms. The van der Waals surface area contributed by atoms with Crippen molar-refractivity contribution in [3.8, 4) is 0 Å². The van der Waals surface area contributed by atoms with E-state index in [1.165, 1.54) is 6.42 Å². The van der Waals surface area contributed by atoms with E-state index in [-0.39, 0.29) is 17.9 Å². The monoisotopic (exact) mass is 493 g/mol. The highest BCUT2D eigenvalue weighted by atomic mass is 35.5. The van der Waals surface area contributed by atoms with Crippen molar-refractivity contribution in [3.05, 3.63) is 63.1 Å². The van der Waals surface area contributed by atoms with E-state index in [0.717, 1.165) is 43.6 Å². The van der Waals surface area contributed by atoms with Gasteiger partial charge < -0.3 is 0 Å². The minimum Gasteiger partial charge on any atom is -0.263 e. The highest BCUT2D eigenvalue weighted by Gasteiger charge is 2.43. The number of benzene rings is 2. The molecule has 1 saturated heterocycles. The van der Waals surface area contributed by atoms with Gasteiger partial charge in [0.05, 0.1) is 23.8 Å². The van der Waals surface area contributed by atoms with Crippen LogP contribution in [0.5, 0.6) is 0 Å². The van der Waals surface area contributed by atoms with E-state index < -0.39 is 0 Å². The first-order valence-electron chi connectivity index (χ1n) is 11.1. The summed E-state index contributed by atoms with van der Waals surface area (Å²) >= 11 is 18.8. The zero-order valence-corrected chi connectivity index (χ0v) is 20.6. The number of carbonyl (C=O) groups is 1. The van der Waals surface area contributed by atoms with Crippen LogP contribution in [0.2, 0.25) is 15.1 Å². The molecular formula is C24H28Cl3N4O+. The lowest BCUT2D eigenvalue weighted by Crippen LogP contribution is -2.61. The zero-order chi connectivity index (χ0) is 22.9. The molecule has 2 aliphatic heterocycles. The summed E-state index contributed by atoms with van der Waals surface area (Å²) in [7, 11) is 2.08. The fourth-order valence-electron chi connectivity index (χ4n) is 4.73. The number of amides is 1. The summed E-state index contributed by atoms with van der Waals surface area (Å²) in [5.41, 5.74) is 5.52. The third-order valence-corrected chi connectivity index (χ3v) is 7.22. The maximum Gasteiger partial charge on any atom is 0.312 e. The number of hydrogen-bond donors (Lipinski definition) is 1. The number of hydrogen-bond acceptors (Lipinski definition) is 3. The second kappa shape index (κ2) is 9.60. The van der Waals surface area contributed by atoms with Gasteiger partial charge in [-0.3, -0.25) is 9.80 Å². The third-order valence-electron chi connectivity index (χ3n) is 6.43. The molecule has 5 nitrogen and oxygen atoms in total. The molecule has 0 aromatic heterocycles. The van der Waals surface area contributed by atoms with Crippen molar-refractivity contribution in [1.82, 2.24) is 5.43 Å². The van der Waals surface area contributed by atoms with Crippen LogP contribution >= 0.6 is 34.8 Å². The standard InChI is InChI=1S/C24H27Cl3N4O/c1-3-19-22(24(32)29-31(2)13-5-4-6-14-31)28-30(21-12-11-18(26)15-20(21)27)23(19)16-7-9-17(25)10-8-16/h7-12,15,19,23H,3-6,13-14H2,1-2H3/p+1/t19-,23+/m1/s1. The lowest BCUT2D eigenvalue weighted by molar-refractivity contribution is -0.947. The van der Waals surface area contributed by atoms with Crippen LogP contribution in [0, 0.1) is 5.92 Å². The van der Waals surface area contributed by atoms with Crippen molar-refractivity contribution < 1.29 is 9.39 Å². The highest BCUT2D eigenvalue weighted by Crippen LogP contribution is 2.43. The van der Waals surface area contributed by atoms with Gasteiger partial charge in [0, 0.05) is 16.0 Å². The SMILES string of the molecule is CC[C@@H]1C(C(=O)N[N+]2(C)CCCCC2)=NN(c2ccc(Cl)cc2Cl)[C@H]1c1ccc(Cl)cc1. The first kappa shape index (κ1) is 23.4. The highest BCUT2D eigenvalue weighted by molar-refractivity contribution is 6.40. The number of anilines is 1. The van der Waals surface area contributed by atoms with Gasteiger partial charge in [0.2, 0.25) is 0 Å². The van der Waals surface area contributed by atoms with Gasteiger partial charge in [-0.15, -0.1) is 0 Å². The number of quaternary nitrogens is 1. The minimum absolute atomic E-state index is 0.0979. The molecule has 1 N–H and O–H groups in total. The molecule has 0 saturated carbocycles. The van der Waals surface area contributed by atoms with Crippen molar-refractivity contribution >= 4 is 52.1 Å². The quantitative estimate of drug-likeness (QED) is 0.499. The molecule has 0 radical (unpaired) electrons. The van der Waals surface area contributed by atoms with E-state index in [0.29, 0.717) is 25.4 Å². The Balaban J connectivity index is 1.73. The Kier molecular flexibility index (Phi) is 7.01. The number of carbonyl (C=O) groups excluding carboxylic acids is 1. The Labute approximate surface area is 204 Å². The number of nitrogens with zero attached hydrogens (tertiary/aromatic N) is 3. The number of halogens is 3. The lowest BCUT2D eigenvalue weighted by atomic mass is 9.87. The summed E-state index contributed by atoms with van der Waals surface area (Å²) < 4.78 is 0.543. The molecule has 0 bridgehead atoms. The van der Waals surface area contributed by atoms with Crippen molar-refractivity contribution in [2.24, 2.45) is 11.0 Å². The molecule has 2 aromatic carbocycles. The van der Waals surface area contributed by atoms with Gasteiger partial charge in [0.15, 0.2) is 0 Å². The Morgan fingerprint density at radius 1 is 1.06 bits per heavy atom. The fraction of sp³-hybridized carbons (Fsp3) is 0.417. The molecule has 4 rings (SSSR count). The summed E-state index contributed by atoms with van der Waals surface area (Å²) in [6, 6.07) is 12.9. The smallest absolute Gasteiger partial charge is 0.263 e. The van der Waals surface area contributed by atoms with Crippen LogP contribution in [-0.2, 0) is 4.79 Å². The Bertz CT molecular complexity index is 1020. The summed E-state index contributed by atoms with van der Waals surface area (Å²) in [5, 5.41) is 8.42. The van der Waals surface area contributed by atoms with E-state index in [9.17, 15) is 4.79 Å². The second-order valence-corrected chi connectivity index (χ2v) is 10.1. The maximum atomic E-state index is 13.5. The molecule has 2 atom stereocenters. The normalized spacial score (nSPS) is 22.5. The van der Waals surface area contributed by atoms with Crippen LogP contribution in [0.4, 0.5) is 5.69 Å². The number of piperidine rings is 1. The summed E-state index contributed by atoms with van der Waals surface area (Å²) in [6.45, 7) is 3.95. The molecule has 1 amide bonds. The second-order valence-electron chi connectivity index (χ2n) is 8.78. The van der Waals surface area contributed by atoms with E-state index in [1.807, 2.05) is 35.3 Å². The number of nitrogens with one attached hydrogen (secondary N) is 1. The molecule has 0 unspecified atom stereocenters. The third kappa shape index (κ3) is 4.76. The molecule has 32 heavy (non-hydrogen) atoms. The van der Waals surface area contributed by atoms with Crippen molar-refractivity contribution in [3.63, 3.8) is 0 Å². The molecule has 170 valence electrons.